The molecule has 0 aliphatic carbocycles. The molecule has 0 bridgehead atoms. The second-order valence-corrected chi connectivity index (χ2v) is 4.40. The van der Waals surface area contributed by atoms with Crippen LogP contribution in [-0.2, 0) is 4.79 Å². The van der Waals surface area contributed by atoms with Gasteiger partial charge >= 0.3 is 5.97 Å². The molecule has 0 radical (unpaired) electrons. The van der Waals surface area contributed by atoms with Crippen molar-refractivity contribution in [3.63, 3.8) is 0 Å². The van der Waals surface area contributed by atoms with E-state index in [0.717, 1.165) is 0 Å². The number of unbranched alkanes of at least 4 members (excludes halogenated alkanes) is 1. The summed E-state index contributed by atoms with van der Waals surface area (Å²) < 4.78 is 0. The fourth-order valence-electron chi connectivity index (χ4n) is 1.74. The van der Waals surface area contributed by atoms with Crippen LogP contribution in [-0.4, -0.2) is 34.0 Å². The summed E-state index contributed by atoms with van der Waals surface area (Å²) in [5.41, 5.74) is 9.29. The Hall–Kier alpha value is -1.92. The third-order valence-electron chi connectivity index (χ3n) is 2.94. The van der Waals surface area contributed by atoms with Gasteiger partial charge in [0.15, 0.2) is 11.3 Å². The zero-order valence-electron chi connectivity index (χ0n) is 10.5. The molecule has 0 fully saturated rings. The number of carboxylic acid groups (broad SMARTS) is 1. The molecule has 0 aliphatic rings. The van der Waals surface area contributed by atoms with Gasteiger partial charge in [-0.3, -0.25) is 4.79 Å². The van der Waals surface area contributed by atoms with E-state index in [1.54, 1.807) is 0 Å². The number of nitrogens with two attached hydrogens (primary N) is 2. The zero-order valence-corrected chi connectivity index (χ0v) is 10.5. The van der Waals surface area contributed by atoms with Gasteiger partial charge in [-0.1, -0.05) is 0 Å². The van der Waals surface area contributed by atoms with E-state index < -0.39 is 17.3 Å². The van der Waals surface area contributed by atoms with Gasteiger partial charge in [0.25, 0.3) is 0 Å². The van der Waals surface area contributed by atoms with Crippen LogP contribution < -0.4 is 11.5 Å². The number of phenolic OH excluding ortho intramolecular Hbond substituents is 1. The first-order valence-corrected chi connectivity index (χ1v) is 5.98. The Labute approximate surface area is 111 Å². The number of carbonyl (C=O) groups is 2. The minimum absolute atomic E-state index is 0.00220. The molecule has 0 saturated heterocycles. The third-order valence-corrected chi connectivity index (χ3v) is 2.94. The van der Waals surface area contributed by atoms with Gasteiger partial charge in [0, 0.05) is 5.56 Å². The molecule has 1 aromatic rings. The van der Waals surface area contributed by atoms with Gasteiger partial charge in [0.2, 0.25) is 0 Å². The van der Waals surface area contributed by atoms with E-state index in [1.807, 2.05) is 0 Å². The number of hydrogen-bond donors (Lipinski definition) is 4. The van der Waals surface area contributed by atoms with Crippen LogP contribution >= 0.6 is 0 Å². The fourth-order valence-corrected chi connectivity index (χ4v) is 1.74. The Morgan fingerprint density at radius 3 is 2.21 bits per heavy atom. The molecule has 0 amide bonds. The molecule has 1 rings (SSSR count). The molecular formula is C13H18N2O4. The number of phenols is 1. The molecule has 0 spiro atoms. The van der Waals surface area contributed by atoms with E-state index in [4.69, 9.17) is 16.6 Å². The van der Waals surface area contributed by atoms with Gasteiger partial charge in [0.05, 0.1) is 0 Å². The number of ketones is 1. The molecule has 104 valence electrons. The molecule has 0 saturated carbocycles. The molecule has 1 atom stereocenters. The summed E-state index contributed by atoms with van der Waals surface area (Å²) in [5.74, 6) is -2.03. The fraction of sp³-hybridized carbons (Fsp3) is 0.385. The van der Waals surface area contributed by atoms with Crippen LogP contribution in [0.5, 0.6) is 5.75 Å². The maximum Gasteiger partial charge on any atom is 0.331 e. The Balaban J connectivity index is 2.95. The molecule has 0 unspecified atom stereocenters. The second-order valence-electron chi connectivity index (χ2n) is 4.40. The van der Waals surface area contributed by atoms with Crippen molar-refractivity contribution in [2.24, 2.45) is 11.5 Å². The Kier molecular flexibility index (Phi) is 5.02. The number of Topliss-reactive ketones (excluding diaryl/α,β-unsaturated/α-hetero) is 1. The van der Waals surface area contributed by atoms with Crippen LogP contribution in [0.4, 0.5) is 0 Å². The molecule has 6 N–H and O–H groups in total. The summed E-state index contributed by atoms with van der Waals surface area (Å²) in [6.45, 7) is 0.420. The van der Waals surface area contributed by atoms with Crippen molar-refractivity contribution in [1.82, 2.24) is 0 Å². The van der Waals surface area contributed by atoms with Gasteiger partial charge in [-0.25, -0.2) is 4.79 Å². The molecule has 0 aliphatic heterocycles. The smallest absolute Gasteiger partial charge is 0.331 e. The van der Waals surface area contributed by atoms with E-state index >= 15 is 0 Å². The molecular weight excluding hydrogens is 248 g/mol. The van der Waals surface area contributed by atoms with Gasteiger partial charge in [-0.05, 0) is 50.1 Å². The lowest BCUT2D eigenvalue weighted by Crippen LogP contribution is -2.55. The zero-order chi connectivity index (χ0) is 14.5. The van der Waals surface area contributed by atoms with Crippen LogP contribution in [0.15, 0.2) is 24.3 Å². The highest BCUT2D eigenvalue weighted by atomic mass is 16.4. The van der Waals surface area contributed by atoms with Crippen LogP contribution in [0, 0.1) is 0 Å². The predicted octanol–water partition coefficient (Wildman–Crippen LogP) is 0.486. The largest absolute Gasteiger partial charge is 0.508 e. The maximum absolute atomic E-state index is 12.2. The summed E-state index contributed by atoms with van der Waals surface area (Å²) >= 11 is 0. The number of carboxylic acids is 1. The van der Waals surface area contributed by atoms with Crippen molar-refractivity contribution in [1.29, 1.82) is 0 Å². The lowest BCUT2D eigenvalue weighted by molar-refractivity contribution is -0.141. The van der Waals surface area contributed by atoms with Crippen LogP contribution in [0.2, 0.25) is 0 Å². The summed E-state index contributed by atoms with van der Waals surface area (Å²) in [6.07, 6.45) is 1.09. The van der Waals surface area contributed by atoms with E-state index in [0.29, 0.717) is 19.4 Å². The number of aromatic hydroxyl groups is 1. The highest BCUT2D eigenvalue weighted by Gasteiger charge is 2.41. The lowest BCUT2D eigenvalue weighted by atomic mass is 9.85. The van der Waals surface area contributed by atoms with Crippen LogP contribution in [0.3, 0.4) is 0 Å². The monoisotopic (exact) mass is 266 g/mol. The number of benzene rings is 1. The first-order valence-electron chi connectivity index (χ1n) is 5.98. The number of hydrogen-bond acceptors (Lipinski definition) is 5. The van der Waals surface area contributed by atoms with E-state index in [1.165, 1.54) is 24.3 Å². The van der Waals surface area contributed by atoms with E-state index in [-0.39, 0.29) is 17.7 Å². The summed E-state index contributed by atoms with van der Waals surface area (Å²) in [6, 6.07) is 5.33. The second kappa shape index (κ2) is 6.31. The van der Waals surface area contributed by atoms with Crippen LogP contribution in [0.25, 0.3) is 0 Å². The predicted molar refractivity (Wildman–Crippen MR) is 69.9 cm³/mol. The molecule has 0 heterocycles. The van der Waals surface area contributed by atoms with Crippen molar-refractivity contribution in [3.05, 3.63) is 29.8 Å². The molecule has 6 nitrogen and oxygen atoms in total. The highest BCUT2D eigenvalue weighted by Crippen LogP contribution is 2.20. The molecule has 0 aromatic heterocycles. The maximum atomic E-state index is 12.2. The Bertz CT molecular complexity index is 458. The molecule has 1 aromatic carbocycles. The molecule has 19 heavy (non-hydrogen) atoms. The molecule has 6 heteroatoms. The van der Waals surface area contributed by atoms with Crippen molar-refractivity contribution >= 4 is 11.8 Å². The van der Waals surface area contributed by atoms with Gasteiger partial charge in [-0.15, -0.1) is 0 Å². The average Bonchev–Trinajstić information content (AvgIpc) is 2.38. The number of rotatable bonds is 7. The normalized spacial score (nSPS) is 13.8. The van der Waals surface area contributed by atoms with E-state index in [2.05, 4.69) is 0 Å². The summed E-state index contributed by atoms with van der Waals surface area (Å²) in [5, 5.41) is 18.3. The number of carbonyl (C=O) groups excluding carboxylic acids is 1. The summed E-state index contributed by atoms with van der Waals surface area (Å²) in [4.78, 5) is 23.5. The van der Waals surface area contributed by atoms with Crippen LogP contribution in [0.1, 0.15) is 29.6 Å². The summed E-state index contributed by atoms with van der Waals surface area (Å²) in [7, 11) is 0. The van der Waals surface area contributed by atoms with Crippen molar-refractivity contribution in [2.45, 2.75) is 24.8 Å². The van der Waals surface area contributed by atoms with Gasteiger partial charge < -0.3 is 21.7 Å². The lowest BCUT2D eigenvalue weighted by Gasteiger charge is -2.23. The Morgan fingerprint density at radius 1 is 1.16 bits per heavy atom. The van der Waals surface area contributed by atoms with Gasteiger partial charge in [0.1, 0.15) is 5.75 Å². The van der Waals surface area contributed by atoms with Gasteiger partial charge in [-0.2, -0.15) is 0 Å². The van der Waals surface area contributed by atoms with Crippen molar-refractivity contribution < 1.29 is 19.8 Å². The van der Waals surface area contributed by atoms with Crippen molar-refractivity contribution in [3.8, 4) is 5.75 Å². The topological polar surface area (TPSA) is 127 Å². The van der Waals surface area contributed by atoms with Crippen molar-refractivity contribution in [2.75, 3.05) is 6.54 Å². The SMILES string of the molecule is NCCCC[C@](N)(C(=O)O)C(=O)c1ccc(O)cc1. The number of aliphatic carboxylic acids is 1. The third kappa shape index (κ3) is 3.52. The average molecular weight is 266 g/mol. The highest BCUT2D eigenvalue weighted by molar-refractivity contribution is 6.15. The first-order chi connectivity index (χ1) is 8.91. The minimum atomic E-state index is -1.95. The van der Waals surface area contributed by atoms with E-state index in [9.17, 15) is 14.7 Å². The minimum Gasteiger partial charge on any atom is -0.508 e. The first kappa shape index (κ1) is 15.1. The standard InChI is InChI=1S/C13H18N2O4/c14-8-2-1-7-13(15,12(18)19)11(17)9-3-5-10(16)6-4-9/h3-6,16H,1-2,7-8,14-15H2,(H,18,19)/t13-/m1/s1. The Morgan fingerprint density at radius 2 is 1.74 bits per heavy atom. The quantitative estimate of drug-likeness (QED) is 0.323.